The maximum absolute atomic E-state index is 10.4. The van der Waals surface area contributed by atoms with Crippen molar-refractivity contribution in [3.8, 4) is 0 Å². The van der Waals surface area contributed by atoms with Crippen molar-refractivity contribution in [2.24, 2.45) is 17.3 Å². The minimum atomic E-state index is -0.107. The highest BCUT2D eigenvalue weighted by Gasteiger charge is 2.36. The second-order valence-electron chi connectivity index (χ2n) is 8.40. The van der Waals surface area contributed by atoms with Crippen LogP contribution < -0.4 is 0 Å². The SMILES string of the molecule is CCN(CC1CC(C(C)(C)C)CCC1O)C(C)CN(C)C. The van der Waals surface area contributed by atoms with Gasteiger partial charge in [0, 0.05) is 19.1 Å². The number of nitrogens with zero attached hydrogens (tertiary/aromatic N) is 2. The molecule has 1 saturated carbocycles. The number of hydrogen-bond acceptors (Lipinski definition) is 3. The Morgan fingerprint density at radius 1 is 1.19 bits per heavy atom. The van der Waals surface area contributed by atoms with Gasteiger partial charge in [-0.1, -0.05) is 27.7 Å². The first-order valence-corrected chi connectivity index (χ1v) is 8.72. The first kappa shape index (κ1) is 18.9. The molecule has 126 valence electrons. The molecule has 1 N–H and O–H groups in total. The van der Waals surface area contributed by atoms with Gasteiger partial charge < -0.3 is 10.0 Å². The van der Waals surface area contributed by atoms with Gasteiger partial charge in [-0.15, -0.1) is 0 Å². The minimum absolute atomic E-state index is 0.107. The van der Waals surface area contributed by atoms with Gasteiger partial charge in [-0.3, -0.25) is 4.90 Å². The van der Waals surface area contributed by atoms with Crippen molar-refractivity contribution in [3.63, 3.8) is 0 Å². The summed E-state index contributed by atoms with van der Waals surface area (Å²) in [6.07, 6.45) is 3.23. The van der Waals surface area contributed by atoms with Crippen LogP contribution in [0.25, 0.3) is 0 Å². The van der Waals surface area contributed by atoms with E-state index in [0.29, 0.717) is 17.4 Å². The average molecular weight is 299 g/mol. The fraction of sp³-hybridized carbons (Fsp3) is 1.00. The van der Waals surface area contributed by atoms with Gasteiger partial charge in [-0.2, -0.15) is 0 Å². The summed E-state index contributed by atoms with van der Waals surface area (Å²) in [5.74, 6) is 1.18. The van der Waals surface area contributed by atoms with Crippen LogP contribution in [0.2, 0.25) is 0 Å². The maximum Gasteiger partial charge on any atom is 0.0580 e. The van der Waals surface area contributed by atoms with E-state index in [1.54, 1.807) is 0 Å². The Morgan fingerprint density at radius 3 is 2.29 bits per heavy atom. The van der Waals surface area contributed by atoms with Crippen LogP contribution in [-0.4, -0.2) is 60.8 Å². The third-order valence-corrected chi connectivity index (χ3v) is 5.29. The van der Waals surface area contributed by atoms with Crippen LogP contribution in [0.5, 0.6) is 0 Å². The highest BCUT2D eigenvalue weighted by atomic mass is 16.3. The second kappa shape index (κ2) is 7.94. The lowest BCUT2D eigenvalue weighted by molar-refractivity contribution is -0.00268. The summed E-state index contributed by atoms with van der Waals surface area (Å²) in [4.78, 5) is 4.79. The molecule has 0 heterocycles. The van der Waals surface area contributed by atoms with Crippen molar-refractivity contribution in [2.45, 2.75) is 66.0 Å². The van der Waals surface area contributed by atoms with Crippen molar-refractivity contribution in [1.82, 2.24) is 9.80 Å². The fourth-order valence-corrected chi connectivity index (χ4v) is 3.80. The normalized spacial score (nSPS) is 29.1. The van der Waals surface area contributed by atoms with Crippen LogP contribution in [-0.2, 0) is 0 Å². The Hall–Kier alpha value is -0.120. The molecule has 1 aliphatic rings. The molecule has 21 heavy (non-hydrogen) atoms. The molecule has 0 aliphatic heterocycles. The molecule has 3 heteroatoms. The predicted molar refractivity (Wildman–Crippen MR) is 91.6 cm³/mol. The third-order valence-electron chi connectivity index (χ3n) is 5.29. The van der Waals surface area contributed by atoms with Crippen LogP contribution in [0.15, 0.2) is 0 Å². The first-order valence-electron chi connectivity index (χ1n) is 8.72. The molecule has 3 nitrogen and oxygen atoms in total. The summed E-state index contributed by atoms with van der Waals surface area (Å²) in [5, 5.41) is 10.4. The Balaban J connectivity index is 2.64. The minimum Gasteiger partial charge on any atom is -0.393 e. The van der Waals surface area contributed by atoms with Gasteiger partial charge in [0.25, 0.3) is 0 Å². The summed E-state index contributed by atoms with van der Waals surface area (Å²) in [6, 6.07) is 0.548. The molecule has 0 amide bonds. The summed E-state index contributed by atoms with van der Waals surface area (Å²) in [7, 11) is 4.27. The van der Waals surface area contributed by atoms with Crippen molar-refractivity contribution >= 4 is 0 Å². The van der Waals surface area contributed by atoms with Crippen molar-refractivity contribution < 1.29 is 5.11 Å². The van der Waals surface area contributed by atoms with Crippen LogP contribution in [0.3, 0.4) is 0 Å². The maximum atomic E-state index is 10.4. The number of hydrogen-bond donors (Lipinski definition) is 1. The van der Waals surface area contributed by atoms with E-state index in [0.717, 1.165) is 32.0 Å². The lowest BCUT2D eigenvalue weighted by Crippen LogP contribution is -2.46. The number of aliphatic hydroxyl groups excluding tert-OH is 1. The van der Waals surface area contributed by atoms with Gasteiger partial charge in [0.1, 0.15) is 0 Å². The molecule has 4 atom stereocenters. The van der Waals surface area contributed by atoms with Crippen molar-refractivity contribution in [1.29, 1.82) is 0 Å². The summed E-state index contributed by atoms with van der Waals surface area (Å²) >= 11 is 0. The molecule has 0 saturated heterocycles. The Morgan fingerprint density at radius 2 is 1.81 bits per heavy atom. The first-order chi connectivity index (χ1) is 9.65. The van der Waals surface area contributed by atoms with Gasteiger partial charge >= 0.3 is 0 Å². The van der Waals surface area contributed by atoms with Gasteiger partial charge in [0.05, 0.1) is 6.10 Å². The molecule has 1 fully saturated rings. The van der Waals surface area contributed by atoms with Gasteiger partial charge in [-0.05, 0) is 64.1 Å². The van der Waals surface area contributed by atoms with Crippen LogP contribution in [0.4, 0.5) is 0 Å². The predicted octanol–water partition coefficient (Wildman–Crippen LogP) is 3.08. The topological polar surface area (TPSA) is 26.7 Å². The highest BCUT2D eigenvalue weighted by molar-refractivity contribution is 4.87. The molecule has 0 spiro atoms. The van der Waals surface area contributed by atoms with E-state index < -0.39 is 0 Å². The van der Waals surface area contributed by atoms with Crippen LogP contribution in [0, 0.1) is 17.3 Å². The van der Waals surface area contributed by atoms with E-state index in [1.165, 1.54) is 12.8 Å². The smallest absolute Gasteiger partial charge is 0.0580 e. The van der Waals surface area contributed by atoms with Crippen LogP contribution in [0.1, 0.15) is 53.9 Å². The molecule has 0 aromatic heterocycles. The molecule has 1 rings (SSSR count). The Labute approximate surface area is 132 Å². The van der Waals surface area contributed by atoms with E-state index in [1.807, 2.05) is 0 Å². The van der Waals surface area contributed by atoms with E-state index in [9.17, 15) is 5.11 Å². The zero-order valence-electron chi connectivity index (χ0n) is 15.4. The Bertz CT molecular complexity index is 298. The lowest BCUT2D eigenvalue weighted by atomic mass is 9.68. The molecular formula is C18H38N2O. The molecule has 1 aliphatic carbocycles. The highest BCUT2D eigenvalue weighted by Crippen LogP contribution is 2.40. The molecule has 0 aromatic rings. The number of likely N-dealkylation sites (N-methyl/N-ethyl adjacent to an activating group) is 2. The van der Waals surface area contributed by atoms with E-state index >= 15 is 0 Å². The van der Waals surface area contributed by atoms with Gasteiger partial charge in [-0.25, -0.2) is 0 Å². The van der Waals surface area contributed by atoms with Gasteiger partial charge in [0.2, 0.25) is 0 Å². The Kier molecular flexibility index (Phi) is 7.15. The molecule has 0 aromatic carbocycles. The summed E-state index contributed by atoms with van der Waals surface area (Å²) < 4.78 is 0. The van der Waals surface area contributed by atoms with Gasteiger partial charge in [0.15, 0.2) is 0 Å². The third kappa shape index (κ3) is 5.88. The lowest BCUT2D eigenvalue weighted by Gasteiger charge is -2.42. The zero-order valence-corrected chi connectivity index (χ0v) is 15.4. The monoisotopic (exact) mass is 298 g/mol. The summed E-state index contributed by atoms with van der Waals surface area (Å²) in [5.41, 5.74) is 0.366. The zero-order chi connectivity index (χ0) is 16.2. The largest absolute Gasteiger partial charge is 0.393 e. The van der Waals surface area contributed by atoms with E-state index in [4.69, 9.17) is 0 Å². The molecule has 0 radical (unpaired) electrons. The second-order valence-corrected chi connectivity index (χ2v) is 8.40. The number of aliphatic hydroxyl groups is 1. The summed E-state index contributed by atoms with van der Waals surface area (Å²) in [6.45, 7) is 14.8. The average Bonchev–Trinajstić information content (AvgIpc) is 2.35. The number of rotatable bonds is 6. The van der Waals surface area contributed by atoms with Crippen LogP contribution >= 0.6 is 0 Å². The fourth-order valence-electron chi connectivity index (χ4n) is 3.80. The van der Waals surface area contributed by atoms with Crippen molar-refractivity contribution in [3.05, 3.63) is 0 Å². The van der Waals surface area contributed by atoms with E-state index in [-0.39, 0.29) is 6.10 Å². The van der Waals surface area contributed by atoms with E-state index in [2.05, 4.69) is 58.5 Å². The molecular weight excluding hydrogens is 260 g/mol. The quantitative estimate of drug-likeness (QED) is 0.816. The van der Waals surface area contributed by atoms with Crippen molar-refractivity contribution in [2.75, 3.05) is 33.7 Å². The molecule has 4 unspecified atom stereocenters. The molecule has 0 bridgehead atoms. The standard InChI is InChI=1S/C18H38N2O/c1-8-20(14(2)12-19(6)7)13-15-11-16(18(3,4)5)9-10-17(15)21/h14-17,21H,8-13H2,1-7H3.